The van der Waals surface area contributed by atoms with Gasteiger partial charge in [-0.15, -0.1) is 0 Å². The van der Waals surface area contributed by atoms with Gasteiger partial charge < -0.3 is 14.7 Å². The number of carbonyl (C=O) groups is 2. The van der Waals surface area contributed by atoms with Gasteiger partial charge in [-0.25, -0.2) is 0 Å². The number of likely N-dealkylation sites (tertiary alicyclic amines) is 1. The van der Waals surface area contributed by atoms with Crippen LogP contribution in [-0.4, -0.2) is 46.2 Å². The van der Waals surface area contributed by atoms with Crippen LogP contribution in [0.15, 0.2) is 0 Å². The van der Waals surface area contributed by atoms with E-state index in [4.69, 9.17) is 4.74 Å². The molecule has 2 aliphatic heterocycles. The lowest BCUT2D eigenvalue weighted by Crippen LogP contribution is -2.55. The summed E-state index contributed by atoms with van der Waals surface area (Å²) in [5.74, 6) is -1.03. The summed E-state index contributed by atoms with van der Waals surface area (Å²) in [6.07, 6.45) is 3.33. The minimum atomic E-state index is -1.43. The summed E-state index contributed by atoms with van der Waals surface area (Å²) in [5, 5.41) is 11.0. The lowest BCUT2D eigenvalue weighted by atomic mass is 9.79. The van der Waals surface area contributed by atoms with E-state index in [0.29, 0.717) is 12.5 Å². The second-order valence-corrected chi connectivity index (χ2v) is 8.17. The molecule has 5 heteroatoms. The third kappa shape index (κ3) is 3.99. The third-order valence-corrected chi connectivity index (χ3v) is 5.75. The van der Waals surface area contributed by atoms with E-state index in [1.165, 1.54) is 0 Å². The molecule has 138 valence electrons. The molecule has 2 heterocycles. The summed E-state index contributed by atoms with van der Waals surface area (Å²) in [5.41, 5.74) is 0. The van der Waals surface area contributed by atoms with Crippen molar-refractivity contribution in [2.45, 2.75) is 84.7 Å². The van der Waals surface area contributed by atoms with E-state index in [1.54, 1.807) is 11.8 Å². The SMILES string of the molecule is CC(=O)[C@@H]1CCCCN1C(=O)C[C@]1(O)OC(C(C)C)C(C)C[C@H]1C. The average Bonchev–Trinajstić information content (AvgIpc) is 2.51. The molecule has 0 spiro atoms. The molecule has 0 aromatic heterocycles. The second-order valence-electron chi connectivity index (χ2n) is 8.17. The number of ketones is 1. The maximum absolute atomic E-state index is 12.8. The van der Waals surface area contributed by atoms with Gasteiger partial charge in [0.05, 0.1) is 18.6 Å². The van der Waals surface area contributed by atoms with Crippen molar-refractivity contribution in [2.75, 3.05) is 6.54 Å². The first-order chi connectivity index (χ1) is 11.2. The Hall–Kier alpha value is -0.940. The molecule has 0 aromatic carbocycles. The Balaban J connectivity index is 2.12. The number of ether oxygens (including phenoxy) is 1. The van der Waals surface area contributed by atoms with Crippen molar-refractivity contribution in [3.63, 3.8) is 0 Å². The number of hydrogen-bond acceptors (Lipinski definition) is 4. The van der Waals surface area contributed by atoms with Gasteiger partial charge in [0.2, 0.25) is 5.91 Å². The van der Waals surface area contributed by atoms with Gasteiger partial charge in [-0.05, 0) is 44.4 Å². The van der Waals surface area contributed by atoms with Crippen LogP contribution in [0.1, 0.15) is 66.7 Å². The smallest absolute Gasteiger partial charge is 0.228 e. The van der Waals surface area contributed by atoms with Gasteiger partial charge >= 0.3 is 0 Å². The molecule has 24 heavy (non-hydrogen) atoms. The number of aliphatic hydroxyl groups is 1. The summed E-state index contributed by atoms with van der Waals surface area (Å²) >= 11 is 0. The van der Waals surface area contributed by atoms with E-state index in [-0.39, 0.29) is 42.1 Å². The van der Waals surface area contributed by atoms with Gasteiger partial charge in [0, 0.05) is 12.5 Å². The molecule has 0 aromatic rings. The van der Waals surface area contributed by atoms with E-state index in [1.807, 2.05) is 6.92 Å². The molecule has 0 radical (unpaired) electrons. The van der Waals surface area contributed by atoms with E-state index in [0.717, 1.165) is 25.7 Å². The first kappa shape index (κ1) is 19.4. The van der Waals surface area contributed by atoms with Crippen LogP contribution in [0.5, 0.6) is 0 Å². The normalized spacial score (nSPS) is 37.5. The molecule has 1 amide bonds. The predicted molar refractivity (Wildman–Crippen MR) is 92.3 cm³/mol. The van der Waals surface area contributed by atoms with Crippen molar-refractivity contribution in [1.29, 1.82) is 0 Å². The average molecular weight is 339 g/mol. The summed E-state index contributed by atoms with van der Waals surface area (Å²) in [4.78, 5) is 26.3. The van der Waals surface area contributed by atoms with Crippen molar-refractivity contribution in [3.8, 4) is 0 Å². The fourth-order valence-corrected chi connectivity index (χ4v) is 4.32. The maximum Gasteiger partial charge on any atom is 0.228 e. The van der Waals surface area contributed by atoms with Crippen LogP contribution in [0.4, 0.5) is 0 Å². The van der Waals surface area contributed by atoms with Gasteiger partial charge in [0.25, 0.3) is 0 Å². The molecule has 0 aliphatic carbocycles. The van der Waals surface area contributed by atoms with Gasteiger partial charge in [0.15, 0.2) is 11.6 Å². The molecule has 5 nitrogen and oxygen atoms in total. The van der Waals surface area contributed by atoms with Gasteiger partial charge in [-0.1, -0.05) is 27.7 Å². The first-order valence-corrected chi connectivity index (χ1v) is 9.35. The molecule has 2 saturated heterocycles. The van der Waals surface area contributed by atoms with E-state index in [9.17, 15) is 14.7 Å². The summed E-state index contributed by atoms with van der Waals surface area (Å²) in [6.45, 7) is 10.4. The topological polar surface area (TPSA) is 66.8 Å². The highest BCUT2D eigenvalue weighted by Gasteiger charge is 2.47. The molecular weight excluding hydrogens is 306 g/mol. The van der Waals surface area contributed by atoms with Crippen molar-refractivity contribution in [1.82, 2.24) is 4.90 Å². The Morgan fingerprint density at radius 2 is 1.96 bits per heavy atom. The standard InChI is InChI=1S/C19H33NO4/c1-12(2)18-13(3)10-14(4)19(23,24-18)11-17(22)20-9-7-6-8-16(20)15(5)21/h12-14,16,18,23H,6-11H2,1-5H3/t13?,14-,16+,18?,19+/m1/s1. The zero-order valence-electron chi connectivity index (χ0n) is 15.7. The predicted octanol–water partition coefficient (Wildman–Crippen LogP) is 2.75. The van der Waals surface area contributed by atoms with Crippen LogP contribution in [0.3, 0.4) is 0 Å². The van der Waals surface area contributed by atoms with Crippen LogP contribution in [-0.2, 0) is 14.3 Å². The zero-order valence-corrected chi connectivity index (χ0v) is 15.7. The van der Waals surface area contributed by atoms with Crippen molar-refractivity contribution < 1.29 is 19.4 Å². The van der Waals surface area contributed by atoms with Crippen molar-refractivity contribution in [2.24, 2.45) is 17.8 Å². The number of rotatable bonds is 4. The van der Waals surface area contributed by atoms with Gasteiger partial charge in [-0.3, -0.25) is 9.59 Å². The Labute approximate surface area is 145 Å². The number of nitrogens with zero attached hydrogens (tertiary/aromatic N) is 1. The van der Waals surface area contributed by atoms with Crippen LogP contribution in [0, 0.1) is 17.8 Å². The first-order valence-electron chi connectivity index (χ1n) is 9.35. The number of carbonyl (C=O) groups excluding carboxylic acids is 2. The Kier molecular flexibility index (Phi) is 6.08. The molecular formula is C19H33NO4. The Bertz CT molecular complexity index is 478. The summed E-state index contributed by atoms with van der Waals surface area (Å²) in [6, 6.07) is -0.339. The Morgan fingerprint density at radius 1 is 1.29 bits per heavy atom. The minimum absolute atomic E-state index is 0.0290. The number of piperidine rings is 1. The number of hydrogen-bond donors (Lipinski definition) is 1. The molecule has 1 N–H and O–H groups in total. The molecule has 0 saturated carbocycles. The second kappa shape index (κ2) is 7.52. The fourth-order valence-electron chi connectivity index (χ4n) is 4.32. The number of Topliss-reactive ketones (excluding diaryl/α,β-unsaturated/α-hetero) is 1. The quantitative estimate of drug-likeness (QED) is 0.855. The molecule has 5 atom stereocenters. The lowest BCUT2D eigenvalue weighted by molar-refractivity contribution is -0.300. The highest BCUT2D eigenvalue weighted by molar-refractivity contribution is 5.88. The largest absolute Gasteiger partial charge is 0.365 e. The highest BCUT2D eigenvalue weighted by Crippen LogP contribution is 2.40. The van der Waals surface area contributed by atoms with Gasteiger partial charge in [-0.2, -0.15) is 0 Å². The van der Waals surface area contributed by atoms with Crippen LogP contribution < -0.4 is 0 Å². The zero-order chi connectivity index (χ0) is 18.1. The van der Waals surface area contributed by atoms with Crippen LogP contribution >= 0.6 is 0 Å². The van der Waals surface area contributed by atoms with Gasteiger partial charge in [0.1, 0.15) is 0 Å². The molecule has 2 rings (SSSR count). The summed E-state index contributed by atoms with van der Waals surface area (Å²) in [7, 11) is 0. The Morgan fingerprint density at radius 3 is 2.54 bits per heavy atom. The number of amides is 1. The van der Waals surface area contributed by atoms with Crippen LogP contribution in [0.2, 0.25) is 0 Å². The highest BCUT2D eigenvalue weighted by atomic mass is 16.6. The maximum atomic E-state index is 12.8. The monoisotopic (exact) mass is 339 g/mol. The minimum Gasteiger partial charge on any atom is -0.365 e. The molecule has 2 unspecified atom stereocenters. The fraction of sp³-hybridized carbons (Fsp3) is 0.895. The van der Waals surface area contributed by atoms with E-state index >= 15 is 0 Å². The molecule has 0 bridgehead atoms. The molecule has 2 aliphatic rings. The van der Waals surface area contributed by atoms with Crippen LogP contribution in [0.25, 0.3) is 0 Å². The van der Waals surface area contributed by atoms with E-state index < -0.39 is 5.79 Å². The molecule has 2 fully saturated rings. The van der Waals surface area contributed by atoms with E-state index in [2.05, 4.69) is 20.8 Å². The summed E-state index contributed by atoms with van der Waals surface area (Å²) < 4.78 is 6.04. The van der Waals surface area contributed by atoms with Crippen molar-refractivity contribution in [3.05, 3.63) is 0 Å². The lowest BCUT2D eigenvalue weighted by Gasteiger charge is -2.47. The van der Waals surface area contributed by atoms with Crippen molar-refractivity contribution >= 4 is 11.7 Å². The third-order valence-electron chi connectivity index (χ3n) is 5.75.